The van der Waals surface area contributed by atoms with Crippen LogP contribution in [-0.4, -0.2) is 23.7 Å². The van der Waals surface area contributed by atoms with Crippen molar-refractivity contribution < 1.29 is 17.5 Å². The molecule has 0 fully saturated rings. The van der Waals surface area contributed by atoms with Crippen LogP contribution >= 0.6 is 0 Å². The van der Waals surface area contributed by atoms with Crippen molar-refractivity contribution in [2.75, 3.05) is 10.5 Å². The van der Waals surface area contributed by atoms with Gasteiger partial charge in [-0.15, -0.1) is 0 Å². The molecule has 30 heavy (non-hydrogen) atoms. The number of aromatic nitrogens is 2. The molecule has 0 saturated carbocycles. The highest BCUT2D eigenvalue weighted by molar-refractivity contribution is 7.92. The lowest BCUT2D eigenvalue weighted by Crippen LogP contribution is -2.15. The number of ether oxygens (including phenoxy) is 1. The van der Waals surface area contributed by atoms with Crippen LogP contribution in [-0.2, 0) is 17.1 Å². The van der Waals surface area contributed by atoms with E-state index >= 15 is 0 Å². The monoisotopic (exact) mass is 431 g/mol. The molecule has 9 heteroatoms. The molecule has 0 saturated heterocycles. The number of pyridine rings is 2. The molecule has 3 rings (SSSR count). The molecule has 158 valence electrons. The van der Waals surface area contributed by atoms with Crippen LogP contribution in [0.1, 0.15) is 18.1 Å². The number of halogens is 1. The number of nitrogens with zero attached hydrogens (tertiary/aromatic N) is 2. The molecular weight excluding hydrogens is 409 g/mol. The molecule has 0 aliphatic heterocycles. The van der Waals surface area contributed by atoms with E-state index in [1.54, 1.807) is 39.2 Å². The van der Waals surface area contributed by atoms with Crippen molar-refractivity contribution in [3.05, 3.63) is 70.0 Å². The molecule has 0 bridgehead atoms. The summed E-state index contributed by atoms with van der Waals surface area (Å²) in [7, 11) is -1.90. The van der Waals surface area contributed by atoms with Crippen LogP contribution in [0.4, 0.5) is 10.1 Å². The van der Waals surface area contributed by atoms with Gasteiger partial charge in [0.15, 0.2) is 0 Å². The zero-order chi connectivity index (χ0) is 22.1. The minimum Gasteiger partial charge on any atom is -0.438 e. The predicted molar refractivity (Wildman–Crippen MR) is 114 cm³/mol. The zero-order valence-electron chi connectivity index (χ0n) is 17.1. The second-order valence-corrected chi connectivity index (χ2v) is 8.93. The van der Waals surface area contributed by atoms with Gasteiger partial charge in [-0.1, -0.05) is 0 Å². The highest BCUT2D eigenvalue weighted by Crippen LogP contribution is 2.36. The minimum absolute atomic E-state index is 0.0889. The molecular formula is C21H22FN3O4S. The maximum Gasteiger partial charge on any atom is 0.250 e. The van der Waals surface area contributed by atoms with Crippen molar-refractivity contribution >= 4 is 15.7 Å². The number of sulfonamides is 1. The van der Waals surface area contributed by atoms with E-state index in [9.17, 15) is 17.6 Å². The maximum absolute atomic E-state index is 13.6. The third-order valence-electron chi connectivity index (χ3n) is 4.53. The molecule has 0 spiro atoms. The fourth-order valence-corrected chi connectivity index (χ4v) is 3.57. The minimum atomic E-state index is -3.50. The first-order valence-electron chi connectivity index (χ1n) is 9.22. The Morgan fingerprint density at radius 2 is 1.83 bits per heavy atom. The van der Waals surface area contributed by atoms with E-state index < -0.39 is 10.0 Å². The normalized spacial score (nSPS) is 11.4. The Kier molecular flexibility index (Phi) is 5.93. The van der Waals surface area contributed by atoms with E-state index in [4.69, 9.17) is 4.74 Å². The average molecular weight is 431 g/mol. The fraction of sp³-hybridized carbons (Fsp3) is 0.238. The number of benzene rings is 1. The van der Waals surface area contributed by atoms with Crippen molar-refractivity contribution in [3.63, 3.8) is 0 Å². The Balaban J connectivity index is 2.14. The number of nitrogens with one attached hydrogen (secondary N) is 1. The highest BCUT2D eigenvalue weighted by Gasteiger charge is 2.16. The molecule has 7 nitrogen and oxygen atoms in total. The zero-order valence-corrected chi connectivity index (χ0v) is 17.9. The molecule has 0 aliphatic rings. The van der Waals surface area contributed by atoms with E-state index in [-0.39, 0.29) is 28.7 Å². The van der Waals surface area contributed by atoms with E-state index in [1.807, 2.05) is 0 Å². The predicted octanol–water partition coefficient (Wildman–Crippen LogP) is 3.76. The van der Waals surface area contributed by atoms with E-state index in [0.717, 1.165) is 0 Å². The molecule has 0 aliphatic carbocycles. The maximum atomic E-state index is 13.6. The first-order chi connectivity index (χ1) is 14.1. The van der Waals surface area contributed by atoms with Crippen LogP contribution in [0.3, 0.4) is 0 Å². The summed E-state index contributed by atoms with van der Waals surface area (Å²) < 4.78 is 47.5. The van der Waals surface area contributed by atoms with Gasteiger partial charge >= 0.3 is 0 Å². The van der Waals surface area contributed by atoms with Gasteiger partial charge in [0.2, 0.25) is 21.5 Å². The first kappa shape index (κ1) is 21.5. The molecule has 1 aromatic carbocycles. The van der Waals surface area contributed by atoms with Crippen LogP contribution in [0.25, 0.3) is 11.1 Å². The Morgan fingerprint density at radius 3 is 2.43 bits per heavy atom. The summed E-state index contributed by atoms with van der Waals surface area (Å²) in [4.78, 5) is 16.1. The topological polar surface area (TPSA) is 90.3 Å². The number of aryl methyl sites for hydroxylation is 3. The Labute approximate surface area is 174 Å². The van der Waals surface area contributed by atoms with E-state index in [0.29, 0.717) is 28.0 Å². The Morgan fingerprint density at radius 1 is 1.17 bits per heavy atom. The second-order valence-electron chi connectivity index (χ2n) is 6.92. The van der Waals surface area contributed by atoms with E-state index in [1.165, 1.54) is 35.9 Å². The highest BCUT2D eigenvalue weighted by atomic mass is 32.2. The van der Waals surface area contributed by atoms with Crippen LogP contribution in [0.15, 0.2) is 47.5 Å². The van der Waals surface area contributed by atoms with Crippen molar-refractivity contribution in [3.8, 4) is 22.8 Å². The summed E-state index contributed by atoms with van der Waals surface area (Å²) in [6, 6.07) is 7.31. The van der Waals surface area contributed by atoms with Gasteiger partial charge in [0.1, 0.15) is 11.6 Å². The van der Waals surface area contributed by atoms with E-state index in [2.05, 4.69) is 9.71 Å². The van der Waals surface area contributed by atoms with Gasteiger partial charge in [0.25, 0.3) is 0 Å². The van der Waals surface area contributed by atoms with Crippen molar-refractivity contribution in [2.24, 2.45) is 7.05 Å². The van der Waals surface area contributed by atoms with Gasteiger partial charge in [-0.25, -0.2) is 17.8 Å². The van der Waals surface area contributed by atoms with Crippen molar-refractivity contribution in [2.45, 2.75) is 20.8 Å². The lowest BCUT2D eigenvalue weighted by molar-refractivity contribution is 0.456. The molecule has 2 aromatic heterocycles. The standard InChI is InChI=1S/C21H22FN3O4S/c1-5-30(27,28)24-17-10-18(15-6-7-19(26)25(4)12-15)21(23-11-17)29-20-13(2)8-16(22)9-14(20)3/h6-12,24H,5H2,1-4H3. The molecule has 3 aromatic rings. The summed E-state index contributed by atoms with van der Waals surface area (Å²) in [5, 5.41) is 0. The summed E-state index contributed by atoms with van der Waals surface area (Å²) >= 11 is 0. The lowest BCUT2D eigenvalue weighted by Gasteiger charge is -2.16. The Hall–Kier alpha value is -3.20. The summed E-state index contributed by atoms with van der Waals surface area (Å²) in [6.45, 7) is 4.98. The molecule has 1 N–H and O–H groups in total. The van der Waals surface area contributed by atoms with Crippen LogP contribution in [0.5, 0.6) is 11.6 Å². The fourth-order valence-electron chi connectivity index (χ4n) is 2.96. The van der Waals surface area contributed by atoms with Gasteiger partial charge in [0.05, 0.1) is 17.6 Å². The second kappa shape index (κ2) is 8.27. The molecule has 0 amide bonds. The molecule has 2 heterocycles. The summed E-state index contributed by atoms with van der Waals surface area (Å²) in [5.74, 6) is 0.199. The Bertz CT molecular complexity index is 1250. The van der Waals surface area contributed by atoms with Gasteiger partial charge < -0.3 is 9.30 Å². The number of anilines is 1. The third-order valence-corrected chi connectivity index (χ3v) is 5.83. The average Bonchev–Trinajstić information content (AvgIpc) is 2.67. The SMILES string of the molecule is CCS(=O)(=O)Nc1cnc(Oc2c(C)cc(F)cc2C)c(-c2ccc(=O)n(C)c2)c1. The van der Waals surface area contributed by atoms with Gasteiger partial charge in [-0.3, -0.25) is 9.52 Å². The smallest absolute Gasteiger partial charge is 0.250 e. The van der Waals surface area contributed by atoms with Gasteiger partial charge in [-0.05, 0) is 56.2 Å². The van der Waals surface area contributed by atoms with Gasteiger partial charge in [0, 0.05) is 30.4 Å². The van der Waals surface area contributed by atoms with Crippen LogP contribution in [0.2, 0.25) is 0 Å². The molecule has 0 unspecified atom stereocenters. The lowest BCUT2D eigenvalue weighted by atomic mass is 10.1. The first-order valence-corrected chi connectivity index (χ1v) is 10.9. The van der Waals surface area contributed by atoms with Gasteiger partial charge in [-0.2, -0.15) is 0 Å². The number of hydrogen-bond donors (Lipinski definition) is 1. The molecule has 0 radical (unpaired) electrons. The largest absolute Gasteiger partial charge is 0.438 e. The summed E-state index contributed by atoms with van der Waals surface area (Å²) in [5.41, 5.74) is 2.34. The third kappa shape index (κ3) is 4.68. The number of hydrogen-bond acceptors (Lipinski definition) is 5. The van der Waals surface area contributed by atoms with Crippen LogP contribution in [0, 0.1) is 19.7 Å². The number of rotatable bonds is 6. The summed E-state index contributed by atoms with van der Waals surface area (Å²) in [6.07, 6.45) is 2.96. The quantitative estimate of drug-likeness (QED) is 0.642. The molecule has 0 atom stereocenters. The van der Waals surface area contributed by atoms with Crippen LogP contribution < -0.4 is 15.0 Å². The van der Waals surface area contributed by atoms with Crippen molar-refractivity contribution in [1.82, 2.24) is 9.55 Å². The van der Waals surface area contributed by atoms with Crippen molar-refractivity contribution in [1.29, 1.82) is 0 Å².